The second kappa shape index (κ2) is 7.50. The second-order valence-corrected chi connectivity index (χ2v) is 7.06. The summed E-state index contributed by atoms with van der Waals surface area (Å²) in [4.78, 5) is 18.6. The fraction of sp³-hybridized carbons (Fsp3) is 0.190. The van der Waals surface area contributed by atoms with Crippen LogP contribution in [0.2, 0.25) is 0 Å². The lowest BCUT2D eigenvalue weighted by molar-refractivity contribution is -0.126. The Labute approximate surface area is 165 Å². The van der Waals surface area contributed by atoms with E-state index in [-0.39, 0.29) is 30.2 Å². The van der Waals surface area contributed by atoms with Gasteiger partial charge in [-0.25, -0.2) is 0 Å². The van der Waals surface area contributed by atoms with Gasteiger partial charge in [0.25, 0.3) is 0 Å². The van der Waals surface area contributed by atoms with Crippen molar-refractivity contribution in [3.8, 4) is 11.5 Å². The number of hydrogen-bond donors (Lipinski definition) is 7. The van der Waals surface area contributed by atoms with Gasteiger partial charge in [-0.3, -0.25) is 4.79 Å². The lowest BCUT2D eigenvalue weighted by Crippen LogP contribution is -2.45. The highest BCUT2D eigenvalue weighted by atomic mass is 16.5. The van der Waals surface area contributed by atoms with Gasteiger partial charge in [0.15, 0.2) is 6.29 Å². The zero-order valence-corrected chi connectivity index (χ0v) is 15.4. The summed E-state index contributed by atoms with van der Waals surface area (Å²) >= 11 is 0. The molecule has 0 aliphatic rings. The topological polar surface area (TPSA) is 142 Å². The minimum absolute atomic E-state index is 0.0152. The number of H-pyrrole nitrogens is 2. The van der Waals surface area contributed by atoms with Crippen LogP contribution in [0, 0.1) is 0 Å². The highest BCUT2D eigenvalue weighted by Gasteiger charge is 2.22. The largest absolute Gasteiger partial charge is 0.508 e. The third-order valence-corrected chi connectivity index (χ3v) is 5.00. The van der Waals surface area contributed by atoms with Crippen molar-refractivity contribution >= 4 is 27.7 Å². The Morgan fingerprint density at radius 1 is 0.897 bits per heavy atom. The number of aliphatic hydroxyl groups is 2. The van der Waals surface area contributed by atoms with E-state index >= 15 is 0 Å². The maximum Gasteiger partial charge on any atom is 0.224 e. The van der Waals surface area contributed by atoms with Gasteiger partial charge in [-0.05, 0) is 53.9 Å². The maximum absolute atomic E-state index is 12.5. The Morgan fingerprint density at radius 3 is 2.03 bits per heavy atom. The van der Waals surface area contributed by atoms with E-state index in [0.29, 0.717) is 5.56 Å². The first-order chi connectivity index (χ1) is 13.9. The zero-order valence-electron chi connectivity index (χ0n) is 15.4. The molecule has 0 bridgehead atoms. The minimum Gasteiger partial charge on any atom is -0.508 e. The number of rotatable bonds is 6. The standard InChI is InChI=1S/C21H21N3O5/c25-13-1-3-17-15(7-13)11(9-22-17)5-19(21(28)29)24-20(27)6-12-10-23-18-4-2-14(26)8-16(12)18/h1-4,7-10,19,21-23,25-26,28-29H,5-6H2,(H,24,27)/t19-/m0/s1. The van der Waals surface area contributed by atoms with Gasteiger partial charge in [0, 0.05) is 34.2 Å². The molecule has 0 spiro atoms. The Hall–Kier alpha value is -3.49. The molecule has 0 fully saturated rings. The molecule has 4 rings (SSSR count). The Kier molecular flexibility index (Phi) is 4.87. The van der Waals surface area contributed by atoms with Gasteiger partial charge in [-0.2, -0.15) is 0 Å². The van der Waals surface area contributed by atoms with Crippen LogP contribution in [0.4, 0.5) is 0 Å². The zero-order chi connectivity index (χ0) is 20.5. The van der Waals surface area contributed by atoms with Crippen LogP contribution >= 0.6 is 0 Å². The molecule has 0 saturated carbocycles. The Bertz CT molecular complexity index is 1180. The summed E-state index contributed by atoms with van der Waals surface area (Å²) in [6, 6.07) is 8.79. The highest BCUT2D eigenvalue weighted by molar-refractivity contribution is 5.90. The van der Waals surface area contributed by atoms with E-state index in [1.165, 1.54) is 0 Å². The lowest BCUT2D eigenvalue weighted by Gasteiger charge is -2.20. The van der Waals surface area contributed by atoms with Gasteiger partial charge in [0.2, 0.25) is 5.91 Å². The summed E-state index contributed by atoms with van der Waals surface area (Å²) in [6.07, 6.45) is 1.83. The number of aromatic hydroxyl groups is 2. The first kappa shape index (κ1) is 18.9. The van der Waals surface area contributed by atoms with Crippen LogP contribution in [0.15, 0.2) is 48.8 Å². The van der Waals surface area contributed by atoms with E-state index in [0.717, 1.165) is 27.4 Å². The number of nitrogens with one attached hydrogen (secondary N) is 3. The molecule has 0 radical (unpaired) electrons. The smallest absolute Gasteiger partial charge is 0.224 e. The highest BCUT2D eigenvalue weighted by Crippen LogP contribution is 2.25. The molecule has 8 heteroatoms. The fourth-order valence-corrected chi connectivity index (χ4v) is 3.55. The van der Waals surface area contributed by atoms with Crippen LogP contribution in [-0.2, 0) is 17.6 Å². The molecule has 2 heterocycles. The van der Waals surface area contributed by atoms with Crippen LogP contribution in [-0.4, -0.2) is 48.6 Å². The first-order valence-corrected chi connectivity index (χ1v) is 9.14. The fourth-order valence-electron chi connectivity index (χ4n) is 3.55. The maximum atomic E-state index is 12.5. The van der Waals surface area contributed by atoms with E-state index in [1.54, 1.807) is 48.8 Å². The number of phenolic OH excluding ortho intramolecular Hbond substituents is 2. The number of aliphatic hydroxyl groups excluding tert-OH is 1. The number of fused-ring (bicyclic) bond motifs is 2. The average Bonchev–Trinajstić information content (AvgIpc) is 3.25. The van der Waals surface area contributed by atoms with Gasteiger partial charge in [-0.15, -0.1) is 0 Å². The van der Waals surface area contributed by atoms with Crippen molar-refractivity contribution in [2.75, 3.05) is 0 Å². The predicted octanol–water partition coefficient (Wildman–Crippen LogP) is 1.64. The Morgan fingerprint density at radius 2 is 1.45 bits per heavy atom. The molecule has 2 aromatic carbocycles. The van der Waals surface area contributed by atoms with Crippen molar-refractivity contribution < 1.29 is 25.2 Å². The molecule has 1 atom stereocenters. The van der Waals surface area contributed by atoms with Crippen LogP contribution in [0.3, 0.4) is 0 Å². The number of aromatic amines is 2. The number of carbonyl (C=O) groups is 1. The quantitative estimate of drug-likeness (QED) is 0.249. The molecule has 4 aromatic rings. The molecule has 29 heavy (non-hydrogen) atoms. The van der Waals surface area contributed by atoms with E-state index in [1.807, 2.05) is 0 Å². The molecule has 1 amide bonds. The molecule has 7 N–H and O–H groups in total. The molecule has 2 aromatic heterocycles. The number of benzene rings is 2. The summed E-state index contributed by atoms with van der Waals surface area (Å²) in [5, 5.41) is 43.0. The third-order valence-electron chi connectivity index (χ3n) is 5.00. The van der Waals surface area contributed by atoms with Gasteiger partial charge >= 0.3 is 0 Å². The average molecular weight is 395 g/mol. The first-order valence-electron chi connectivity index (χ1n) is 9.14. The lowest BCUT2D eigenvalue weighted by atomic mass is 10.0. The van der Waals surface area contributed by atoms with E-state index in [4.69, 9.17) is 0 Å². The summed E-state index contributed by atoms with van der Waals surface area (Å²) in [5.41, 5.74) is 3.03. The van der Waals surface area contributed by atoms with Crippen molar-refractivity contribution in [1.29, 1.82) is 0 Å². The third kappa shape index (κ3) is 3.89. The summed E-state index contributed by atoms with van der Waals surface area (Å²) < 4.78 is 0. The minimum atomic E-state index is -1.76. The Balaban J connectivity index is 1.51. The molecule has 8 nitrogen and oxygen atoms in total. The molecule has 0 unspecified atom stereocenters. The second-order valence-electron chi connectivity index (χ2n) is 7.06. The van der Waals surface area contributed by atoms with Gasteiger partial charge < -0.3 is 35.7 Å². The number of phenols is 2. The van der Waals surface area contributed by atoms with Gasteiger partial charge in [0.05, 0.1) is 12.5 Å². The summed E-state index contributed by atoms with van der Waals surface area (Å²) in [6.45, 7) is 0. The van der Waals surface area contributed by atoms with E-state index in [9.17, 15) is 25.2 Å². The molecular formula is C21H21N3O5. The van der Waals surface area contributed by atoms with Crippen molar-refractivity contribution in [2.24, 2.45) is 0 Å². The molecule has 0 aliphatic heterocycles. The van der Waals surface area contributed by atoms with Crippen LogP contribution in [0.5, 0.6) is 11.5 Å². The molecule has 150 valence electrons. The van der Waals surface area contributed by atoms with Crippen LogP contribution < -0.4 is 5.32 Å². The van der Waals surface area contributed by atoms with E-state index in [2.05, 4.69) is 15.3 Å². The van der Waals surface area contributed by atoms with Crippen molar-refractivity contribution in [2.45, 2.75) is 25.2 Å². The number of aromatic nitrogens is 2. The monoisotopic (exact) mass is 395 g/mol. The SMILES string of the molecule is O=C(Cc1c[nH]c2ccc(O)cc12)N[C@@H](Cc1c[nH]c2ccc(O)cc12)C(O)O. The van der Waals surface area contributed by atoms with Gasteiger partial charge in [-0.1, -0.05) is 0 Å². The van der Waals surface area contributed by atoms with Crippen molar-refractivity contribution in [3.63, 3.8) is 0 Å². The predicted molar refractivity (Wildman–Crippen MR) is 107 cm³/mol. The molecule has 0 saturated heterocycles. The summed E-state index contributed by atoms with van der Waals surface area (Å²) in [7, 11) is 0. The number of hydrogen-bond acceptors (Lipinski definition) is 5. The molecule has 0 aliphatic carbocycles. The van der Waals surface area contributed by atoms with Crippen molar-refractivity contribution in [3.05, 3.63) is 59.9 Å². The van der Waals surface area contributed by atoms with Crippen LogP contribution in [0.1, 0.15) is 11.1 Å². The number of amides is 1. The van der Waals surface area contributed by atoms with Crippen LogP contribution in [0.25, 0.3) is 21.8 Å². The normalized spacial score (nSPS) is 12.7. The summed E-state index contributed by atoms with van der Waals surface area (Å²) in [5.74, 6) is -0.175. The van der Waals surface area contributed by atoms with Crippen molar-refractivity contribution in [1.82, 2.24) is 15.3 Å². The molecular weight excluding hydrogens is 374 g/mol. The number of carbonyl (C=O) groups excluding carboxylic acids is 1. The van der Waals surface area contributed by atoms with Gasteiger partial charge in [0.1, 0.15) is 11.5 Å². The van der Waals surface area contributed by atoms with E-state index < -0.39 is 12.3 Å².